The topological polar surface area (TPSA) is 134 Å². The number of hydrogen-bond acceptors (Lipinski definition) is 8. The van der Waals surface area contributed by atoms with Gasteiger partial charge in [-0.1, -0.05) is 194 Å². The van der Waals surface area contributed by atoms with Gasteiger partial charge in [0, 0.05) is 19.4 Å². The molecule has 0 aromatic heterocycles. The molecule has 2 unspecified atom stereocenters. The van der Waals surface area contributed by atoms with Gasteiger partial charge in [0.05, 0.1) is 13.2 Å². The van der Waals surface area contributed by atoms with E-state index in [2.05, 4.69) is 123 Å². The second-order valence-corrected chi connectivity index (χ2v) is 17.1. The third kappa shape index (κ3) is 48.0. The molecule has 63 heavy (non-hydrogen) atoms. The molecule has 0 aromatic carbocycles. The zero-order chi connectivity index (χ0) is 46.0. The van der Waals surface area contributed by atoms with Crippen molar-refractivity contribution in [2.45, 2.75) is 187 Å². The molecule has 0 aromatic rings. The molecule has 0 heterocycles. The van der Waals surface area contributed by atoms with Crippen molar-refractivity contribution < 1.29 is 37.6 Å². The zero-order valence-electron chi connectivity index (χ0n) is 39.5. The van der Waals surface area contributed by atoms with Crippen molar-refractivity contribution in [1.29, 1.82) is 0 Å². The molecule has 3 N–H and O–H groups in total. The molecule has 0 saturated carbocycles. The molecule has 9 nitrogen and oxygen atoms in total. The number of phosphoric acid groups is 1. The van der Waals surface area contributed by atoms with Crippen LogP contribution in [0.2, 0.25) is 0 Å². The van der Waals surface area contributed by atoms with Gasteiger partial charge in [0.25, 0.3) is 0 Å². The predicted octanol–water partition coefficient (Wildman–Crippen LogP) is 14.7. The number of carbonyl (C=O) groups is 2. The molecule has 0 radical (unpaired) electrons. The number of allylic oxidation sites excluding steroid dienone is 18. The van der Waals surface area contributed by atoms with Gasteiger partial charge in [-0.3, -0.25) is 18.6 Å². The van der Waals surface area contributed by atoms with E-state index in [-0.39, 0.29) is 32.6 Å². The van der Waals surface area contributed by atoms with Crippen molar-refractivity contribution in [2.24, 2.45) is 5.73 Å². The maximum Gasteiger partial charge on any atom is 0.472 e. The molecule has 0 aliphatic heterocycles. The smallest absolute Gasteiger partial charge is 0.462 e. The molecule has 0 saturated heterocycles. The maximum absolute atomic E-state index is 12.6. The summed E-state index contributed by atoms with van der Waals surface area (Å²) in [6.45, 7) is 3.53. The van der Waals surface area contributed by atoms with Crippen LogP contribution in [0.15, 0.2) is 109 Å². The third-order valence-electron chi connectivity index (χ3n) is 9.67. The average Bonchev–Trinajstić information content (AvgIpc) is 3.27. The van der Waals surface area contributed by atoms with Crippen LogP contribution in [0.5, 0.6) is 0 Å². The number of phosphoric ester groups is 1. The molecular weight excluding hydrogens is 810 g/mol. The molecule has 0 amide bonds. The number of esters is 2. The van der Waals surface area contributed by atoms with Gasteiger partial charge in [-0.05, 0) is 83.5 Å². The van der Waals surface area contributed by atoms with E-state index in [4.69, 9.17) is 24.3 Å². The van der Waals surface area contributed by atoms with Crippen LogP contribution in [0.4, 0.5) is 0 Å². The van der Waals surface area contributed by atoms with Crippen LogP contribution in [0.25, 0.3) is 0 Å². The number of hydrogen-bond donors (Lipinski definition) is 2. The Labute approximate surface area is 384 Å². The second kappa shape index (κ2) is 48.1. The van der Waals surface area contributed by atoms with Crippen molar-refractivity contribution >= 4 is 19.8 Å². The van der Waals surface area contributed by atoms with Gasteiger partial charge in [-0.2, -0.15) is 0 Å². The number of ether oxygens (including phenoxy) is 2. The van der Waals surface area contributed by atoms with Gasteiger partial charge in [0.1, 0.15) is 6.61 Å². The van der Waals surface area contributed by atoms with Gasteiger partial charge in [0.15, 0.2) is 6.10 Å². The Balaban J connectivity index is 3.98. The molecule has 0 fully saturated rings. The number of nitrogens with two attached hydrogens (primary N) is 1. The number of carbonyl (C=O) groups excluding carboxylic acids is 2. The Hall–Kier alpha value is -3.33. The zero-order valence-corrected chi connectivity index (χ0v) is 40.4. The molecular formula is C53H88NO8P. The van der Waals surface area contributed by atoms with Crippen LogP contribution in [-0.4, -0.2) is 49.3 Å². The summed E-state index contributed by atoms with van der Waals surface area (Å²) in [4.78, 5) is 34.7. The Kier molecular flexibility index (Phi) is 45.6. The van der Waals surface area contributed by atoms with E-state index >= 15 is 0 Å². The van der Waals surface area contributed by atoms with Crippen LogP contribution < -0.4 is 5.73 Å². The van der Waals surface area contributed by atoms with Crippen molar-refractivity contribution in [1.82, 2.24) is 0 Å². The monoisotopic (exact) mass is 898 g/mol. The average molecular weight is 898 g/mol. The summed E-state index contributed by atoms with van der Waals surface area (Å²) in [6.07, 6.45) is 64.5. The fourth-order valence-corrected chi connectivity index (χ4v) is 6.86. The Morgan fingerprint density at radius 1 is 0.492 bits per heavy atom. The van der Waals surface area contributed by atoms with Gasteiger partial charge in [-0.15, -0.1) is 0 Å². The maximum atomic E-state index is 12.6. The normalized spacial score (nSPS) is 14.2. The fourth-order valence-electron chi connectivity index (χ4n) is 6.10. The molecule has 0 bridgehead atoms. The van der Waals surface area contributed by atoms with E-state index in [0.29, 0.717) is 6.42 Å². The summed E-state index contributed by atoms with van der Waals surface area (Å²) in [5.41, 5.74) is 5.34. The highest BCUT2D eigenvalue weighted by molar-refractivity contribution is 7.47. The molecule has 0 aliphatic rings. The van der Waals surface area contributed by atoms with Crippen molar-refractivity contribution in [3.63, 3.8) is 0 Å². The van der Waals surface area contributed by atoms with Crippen molar-refractivity contribution in [3.05, 3.63) is 109 Å². The third-order valence-corrected chi connectivity index (χ3v) is 10.7. The van der Waals surface area contributed by atoms with E-state index in [1.54, 1.807) is 0 Å². The highest BCUT2D eigenvalue weighted by Gasteiger charge is 2.26. The first-order chi connectivity index (χ1) is 30.8. The summed E-state index contributed by atoms with van der Waals surface area (Å²) in [5, 5.41) is 0. The molecule has 2 atom stereocenters. The quantitative estimate of drug-likeness (QED) is 0.0265. The Morgan fingerprint density at radius 3 is 1.30 bits per heavy atom. The van der Waals surface area contributed by atoms with E-state index in [1.165, 1.54) is 38.5 Å². The van der Waals surface area contributed by atoms with Crippen LogP contribution in [0.1, 0.15) is 181 Å². The summed E-state index contributed by atoms with van der Waals surface area (Å²) < 4.78 is 32.7. The number of rotatable bonds is 44. The first-order valence-corrected chi connectivity index (χ1v) is 25.9. The highest BCUT2D eigenvalue weighted by atomic mass is 31.2. The predicted molar refractivity (Wildman–Crippen MR) is 265 cm³/mol. The van der Waals surface area contributed by atoms with E-state index in [1.807, 2.05) is 0 Å². The van der Waals surface area contributed by atoms with Gasteiger partial charge in [-0.25, -0.2) is 4.57 Å². The van der Waals surface area contributed by atoms with Crippen molar-refractivity contribution in [3.8, 4) is 0 Å². The molecule has 358 valence electrons. The van der Waals surface area contributed by atoms with Crippen molar-refractivity contribution in [2.75, 3.05) is 26.4 Å². The first-order valence-electron chi connectivity index (χ1n) is 24.4. The van der Waals surface area contributed by atoms with Gasteiger partial charge in [0.2, 0.25) is 0 Å². The SMILES string of the molecule is CC/C=C\C/C=C\C/C=C\C/C=C\C/C=C\C/C=C\C/C=C\C/C=C\C/C=C\CCCCCCCCCC(=O)OC(COC(=O)CCCCCCCCC)COP(=O)(O)OCCN. The molecule has 0 rings (SSSR count). The lowest BCUT2D eigenvalue weighted by Gasteiger charge is -2.19. The molecule has 0 aliphatic carbocycles. The standard InChI is InChI=1S/C53H88NO8P/c1-3-5-7-9-11-12-13-14-15-16-17-18-19-20-21-22-23-24-25-26-27-28-29-30-31-32-33-34-35-36-37-38-40-42-44-46-53(56)62-51(50-61-63(57,58)60-48-47-54)49-59-52(55)45-43-41-39-10-8-6-4-2/h5,7,11-12,14-15,17-18,20-21,23-24,26-27,29-30,32-33,51H,3-4,6,8-10,13,16,19,22,25,28,31,34-50,54H2,1-2H3,(H,57,58)/b7-5-,12-11-,15-14-,18-17-,21-20-,24-23-,27-26-,30-29-,33-32-. The Morgan fingerprint density at radius 2 is 0.873 bits per heavy atom. The minimum atomic E-state index is -4.38. The minimum Gasteiger partial charge on any atom is -0.462 e. The summed E-state index contributed by atoms with van der Waals surface area (Å²) >= 11 is 0. The summed E-state index contributed by atoms with van der Waals surface area (Å²) in [6, 6.07) is 0. The van der Waals surface area contributed by atoms with E-state index < -0.39 is 32.5 Å². The summed E-state index contributed by atoms with van der Waals surface area (Å²) in [7, 11) is -4.38. The van der Waals surface area contributed by atoms with Crippen LogP contribution >= 0.6 is 7.82 Å². The molecule has 0 spiro atoms. The molecule has 10 heteroatoms. The first kappa shape index (κ1) is 59.7. The van der Waals surface area contributed by atoms with Crippen LogP contribution in [-0.2, 0) is 32.7 Å². The largest absolute Gasteiger partial charge is 0.472 e. The van der Waals surface area contributed by atoms with E-state index in [0.717, 1.165) is 109 Å². The Bertz CT molecular complexity index is 1390. The second-order valence-electron chi connectivity index (χ2n) is 15.6. The summed E-state index contributed by atoms with van der Waals surface area (Å²) in [5.74, 6) is -0.857. The lowest BCUT2D eigenvalue weighted by Crippen LogP contribution is -2.29. The van der Waals surface area contributed by atoms with Crippen LogP contribution in [0.3, 0.4) is 0 Å². The van der Waals surface area contributed by atoms with Crippen LogP contribution in [0, 0.1) is 0 Å². The van der Waals surface area contributed by atoms with Gasteiger partial charge < -0.3 is 20.1 Å². The van der Waals surface area contributed by atoms with E-state index in [9.17, 15) is 19.0 Å². The lowest BCUT2D eigenvalue weighted by molar-refractivity contribution is -0.161. The minimum absolute atomic E-state index is 0.0468. The van der Waals surface area contributed by atoms with Gasteiger partial charge >= 0.3 is 19.8 Å². The lowest BCUT2D eigenvalue weighted by atomic mass is 10.1. The fraction of sp³-hybridized carbons (Fsp3) is 0.623. The highest BCUT2D eigenvalue weighted by Crippen LogP contribution is 2.43. The number of unbranched alkanes of at least 4 members (excludes halogenated alkanes) is 13.